The van der Waals surface area contributed by atoms with Crippen LogP contribution in [0.4, 0.5) is 0 Å². The Morgan fingerprint density at radius 1 is 0.133 bits per heavy atom. The monoisotopic (exact) mass is 1240 g/mol. The van der Waals surface area contributed by atoms with Gasteiger partial charge in [-0.3, -0.25) is 0 Å². The van der Waals surface area contributed by atoms with Gasteiger partial charge in [-0.25, -0.2) is 0 Å². The highest BCUT2D eigenvalue weighted by molar-refractivity contribution is 6.19. The van der Waals surface area contributed by atoms with Gasteiger partial charge in [0.15, 0.2) is 0 Å². The molecule has 0 aliphatic carbocycles. The van der Waals surface area contributed by atoms with Crippen molar-refractivity contribution in [3.05, 3.63) is 364 Å². The van der Waals surface area contributed by atoms with E-state index in [0.29, 0.717) is 0 Å². The first-order valence-electron chi connectivity index (χ1n) is 33.8. The third-order valence-corrected chi connectivity index (χ3v) is 20.6. The normalized spacial score (nSPS) is 11.9. The van der Waals surface area contributed by atoms with E-state index in [1.54, 1.807) is 0 Å². The lowest BCUT2D eigenvalue weighted by molar-refractivity contribution is 1.18. The first-order valence-corrected chi connectivity index (χ1v) is 33.8. The quantitative estimate of drug-likeness (QED) is 0.142. The molecule has 456 valence electrons. The third-order valence-electron chi connectivity index (χ3n) is 20.6. The molecule has 4 aromatic heterocycles. The van der Waals surface area contributed by atoms with Crippen LogP contribution in [-0.2, 0) is 0 Å². The second-order valence-electron chi connectivity index (χ2n) is 25.9. The average molecular weight is 1250 g/mol. The van der Waals surface area contributed by atoms with Crippen molar-refractivity contribution in [2.24, 2.45) is 0 Å². The lowest BCUT2D eigenvalue weighted by Crippen LogP contribution is -1.96. The van der Waals surface area contributed by atoms with Gasteiger partial charge in [0.25, 0.3) is 0 Å². The van der Waals surface area contributed by atoms with Crippen LogP contribution in [0, 0.1) is 0 Å². The van der Waals surface area contributed by atoms with Gasteiger partial charge in [-0.05, 0) is 175 Å². The smallest absolute Gasteiger partial charge is 0.0546 e. The Bertz CT molecular complexity index is 6800. The van der Waals surface area contributed by atoms with E-state index in [9.17, 15) is 0 Å². The fourth-order valence-corrected chi connectivity index (χ4v) is 16.2. The summed E-state index contributed by atoms with van der Waals surface area (Å²) < 4.78 is 9.70. The summed E-state index contributed by atoms with van der Waals surface area (Å²) in [5.41, 5.74) is 21.8. The maximum absolute atomic E-state index is 2.46. The molecule has 0 unspecified atom stereocenters. The fraction of sp³-hybridized carbons (Fsp3) is 0. The van der Waals surface area contributed by atoms with E-state index < -0.39 is 0 Å². The van der Waals surface area contributed by atoms with Gasteiger partial charge in [-0.15, -0.1) is 0 Å². The molecule has 0 atom stereocenters. The number of fused-ring (bicyclic) bond motifs is 18. The van der Waals surface area contributed by atoms with Crippen molar-refractivity contribution in [3.63, 3.8) is 0 Å². The van der Waals surface area contributed by atoms with Crippen LogP contribution in [0.3, 0.4) is 0 Å². The van der Waals surface area contributed by atoms with E-state index in [1.807, 2.05) is 0 Å². The van der Waals surface area contributed by atoms with Crippen molar-refractivity contribution in [1.29, 1.82) is 0 Å². The second-order valence-corrected chi connectivity index (χ2v) is 25.9. The Hall–Kier alpha value is -13.0. The van der Waals surface area contributed by atoms with Crippen LogP contribution in [0.5, 0.6) is 0 Å². The molecule has 21 aromatic rings. The summed E-state index contributed by atoms with van der Waals surface area (Å²) >= 11 is 0. The number of nitrogens with zero attached hydrogens (tertiary/aromatic N) is 4. The lowest BCUT2D eigenvalue weighted by atomic mass is 9.99. The van der Waals surface area contributed by atoms with E-state index in [1.165, 1.54) is 181 Å². The highest BCUT2D eigenvalue weighted by Gasteiger charge is 2.21. The van der Waals surface area contributed by atoms with Crippen molar-refractivity contribution in [2.45, 2.75) is 0 Å². The zero-order chi connectivity index (χ0) is 64.4. The predicted octanol–water partition coefficient (Wildman–Crippen LogP) is 25.4. The van der Waals surface area contributed by atoms with Crippen molar-refractivity contribution in [3.8, 4) is 56.1 Å². The van der Waals surface area contributed by atoms with Crippen LogP contribution in [0.15, 0.2) is 364 Å². The largest absolute Gasteiger partial charge is 0.309 e. The Kier molecular flexibility index (Phi) is 12.6. The van der Waals surface area contributed by atoms with Gasteiger partial charge in [0.2, 0.25) is 0 Å². The molecular formula is C94H60N4. The molecule has 98 heavy (non-hydrogen) atoms. The van der Waals surface area contributed by atoms with E-state index >= 15 is 0 Å². The molecule has 0 saturated carbocycles. The topological polar surface area (TPSA) is 19.7 Å². The first-order chi connectivity index (χ1) is 48.6. The fourth-order valence-electron chi connectivity index (χ4n) is 16.2. The molecule has 0 amide bonds. The summed E-state index contributed by atoms with van der Waals surface area (Å²) in [7, 11) is 0. The van der Waals surface area contributed by atoms with E-state index in [4.69, 9.17) is 0 Å². The van der Waals surface area contributed by atoms with Crippen molar-refractivity contribution in [2.75, 3.05) is 0 Å². The van der Waals surface area contributed by atoms with Gasteiger partial charge < -0.3 is 18.3 Å². The SMILES string of the molecule is c1ccc(-c2cccc(-n3c4ccccc4c4cc(-c5ccc6c(c5)c5ccccc5n6-c5cc6ccccc6c6ccccc56)ccc43)c2)cc1.c1ccc(-n2c3ccccc3c3cc(-c4ccc5c(c4)c4ccccc4n5-c4cc5ccccc5c5ccccc45)ccc32)cc1. The van der Waals surface area contributed by atoms with Gasteiger partial charge in [-0.2, -0.15) is 0 Å². The molecule has 0 aliphatic heterocycles. The summed E-state index contributed by atoms with van der Waals surface area (Å²) in [5.74, 6) is 0. The minimum atomic E-state index is 1.16. The molecule has 4 heterocycles. The van der Waals surface area contributed by atoms with Gasteiger partial charge >= 0.3 is 0 Å². The second kappa shape index (κ2) is 22.3. The zero-order valence-electron chi connectivity index (χ0n) is 53.4. The number of para-hydroxylation sites is 5. The summed E-state index contributed by atoms with van der Waals surface area (Å²) in [6.45, 7) is 0. The predicted molar refractivity (Wildman–Crippen MR) is 417 cm³/mol. The summed E-state index contributed by atoms with van der Waals surface area (Å²) in [5, 5.41) is 20.2. The number of rotatable bonds is 7. The minimum Gasteiger partial charge on any atom is -0.309 e. The maximum Gasteiger partial charge on any atom is 0.0546 e. The summed E-state index contributed by atoms with van der Waals surface area (Å²) in [6.07, 6.45) is 0. The molecule has 21 rings (SSSR count). The van der Waals surface area contributed by atoms with Gasteiger partial charge in [0, 0.05) is 65.2 Å². The minimum absolute atomic E-state index is 1.16. The Labute approximate surface area is 565 Å². The van der Waals surface area contributed by atoms with Crippen LogP contribution < -0.4 is 0 Å². The number of hydrogen-bond donors (Lipinski definition) is 0. The molecule has 0 spiro atoms. The summed E-state index contributed by atoms with van der Waals surface area (Å²) in [4.78, 5) is 0. The third kappa shape index (κ3) is 8.71. The Balaban J connectivity index is 0.000000134. The highest BCUT2D eigenvalue weighted by atomic mass is 15.0. The molecule has 0 saturated heterocycles. The van der Waals surface area contributed by atoms with Crippen LogP contribution in [0.2, 0.25) is 0 Å². The van der Waals surface area contributed by atoms with Crippen molar-refractivity contribution < 1.29 is 0 Å². The van der Waals surface area contributed by atoms with E-state index in [-0.39, 0.29) is 0 Å². The maximum atomic E-state index is 2.46. The molecular weight excluding hydrogens is 1190 g/mol. The molecule has 17 aromatic carbocycles. The van der Waals surface area contributed by atoms with Gasteiger partial charge in [0.1, 0.15) is 0 Å². The van der Waals surface area contributed by atoms with Gasteiger partial charge in [0.05, 0.1) is 55.5 Å². The van der Waals surface area contributed by atoms with Crippen LogP contribution in [0.1, 0.15) is 0 Å². The standard InChI is InChI=1S/C50H32N2.C44H28N2/c1-2-13-33(14-3-1)34-16-12-17-38(29-34)51-46-23-10-8-21-42(46)44-30-35(25-27-48(44)51)36-26-28-49-45(31-36)43-22-9-11-24-47(43)52(49)50-32-37-15-4-5-18-39(37)40-19-6-7-20-41(40)50;1-2-13-32(14-3-1)45-40-20-10-8-18-36(40)38-26-29(22-24-42(38)45)30-23-25-43-39(27-30)37-19-9-11-21-41(37)46(43)44-28-31-12-4-5-15-33(31)34-16-6-7-17-35(34)44/h1-32H;1-28H. The Morgan fingerprint density at radius 3 is 0.827 bits per heavy atom. The molecule has 0 fully saturated rings. The van der Waals surface area contributed by atoms with Gasteiger partial charge in [-0.1, -0.05) is 255 Å². The van der Waals surface area contributed by atoms with E-state index in [0.717, 1.165) is 5.69 Å². The molecule has 0 bridgehead atoms. The average Bonchev–Trinajstić information content (AvgIpc) is 0.807. The summed E-state index contributed by atoms with van der Waals surface area (Å²) in [6, 6.07) is 133. The highest BCUT2D eigenvalue weighted by Crippen LogP contribution is 2.44. The number of hydrogen-bond acceptors (Lipinski definition) is 0. The molecule has 0 radical (unpaired) electrons. The molecule has 4 heteroatoms. The van der Waals surface area contributed by atoms with Crippen LogP contribution in [0.25, 0.3) is 186 Å². The van der Waals surface area contributed by atoms with Crippen molar-refractivity contribution in [1.82, 2.24) is 18.3 Å². The first kappa shape index (κ1) is 55.4. The van der Waals surface area contributed by atoms with E-state index in [2.05, 4.69) is 382 Å². The number of aromatic nitrogens is 4. The number of benzene rings is 17. The van der Waals surface area contributed by atoms with Crippen LogP contribution in [-0.4, -0.2) is 18.3 Å². The van der Waals surface area contributed by atoms with Crippen LogP contribution >= 0.6 is 0 Å². The lowest BCUT2D eigenvalue weighted by Gasteiger charge is -2.14. The molecule has 0 aliphatic rings. The van der Waals surface area contributed by atoms with Crippen molar-refractivity contribution >= 4 is 130 Å². The zero-order valence-corrected chi connectivity index (χ0v) is 53.4. The Morgan fingerprint density at radius 2 is 0.408 bits per heavy atom. The molecule has 0 N–H and O–H groups in total. The molecule has 4 nitrogen and oxygen atoms in total.